The van der Waals surface area contributed by atoms with Gasteiger partial charge < -0.3 is 15.2 Å². The van der Waals surface area contributed by atoms with Crippen LogP contribution in [-0.2, 0) is 4.74 Å². The van der Waals surface area contributed by atoms with Gasteiger partial charge in [-0.2, -0.15) is 0 Å². The zero-order chi connectivity index (χ0) is 12.8. The standard InChI is InChI=1S/C15H15NO2/c1-17-15(11-12-5-3-2-4-6-12)18-14-9-7-13(16)8-10-14/h2-11H,16H2,1H3. The van der Waals surface area contributed by atoms with Crippen molar-refractivity contribution in [2.45, 2.75) is 0 Å². The summed E-state index contributed by atoms with van der Waals surface area (Å²) in [4.78, 5) is 0. The highest BCUT2D eigenvalue weighted by Crippen LogP contribution is 2.17. The van der Waals surface area contributed by atoms with E-state index < -0.39 is 0 Å². The van der Waals surface area contributed by atoms with E-state index in [1.807, 2.05) is 36.4 Å². The lowest BCUT2D eigenvalue weighted by Gasteiger charge is -2.08. The Hall–Kier alpha value is -2.42. The van der Waals surface area contributed by atoms with Gasteiger partial charge in [-0.15, -0.1) is 0 Å². The maximum absolute atomic E-state index is 5.61. The van der Waals surface area contributed by atoms with Crippen molar-refractivity contribution in [3.8, 4) is 5.75 Å². The highest BCUT2D eigenvalue weighted by Gasteiger charge is 2.00. The predicted octanol–water partition coefficient (Wildman–Crippen LogP) is 3.29. The Morgan fingerprint density at radius 2 is 1.67 bits per heavy atom. The van der Waals surface area contributed by atoms with E-state index in [0.29, 0.717) is 17.4 Å². The summed E-state index contributed by atoms with van der Waals surface area (Å²) < 4.78 is 10.8. The fourth-order valence-electron chi connectivity index (χ4n) is 1.47. The Morgan fingerprint density at radius 3 is 2.28 bits per heavy atom. The maximum atomic E-state index is 5.61. The minimum absolute atomic E-state index is 0.436. The summed E-state index contributed by atoms with van der Waals surface area (Å²) in [6, 6.07) is 17.0. The van der Waals surface area contributed by atoms with E-state index >= 15 is 0 Å². The number of nitrogens with two attached hydrogens (primary N) is 1. The number of benzene rings is 2. The Bertz CT molecular complexity index is 518. The zero-order valence-electron chi connectivity index (χ0n) is 10.2. The first kappa shape index (κ1) is 12.0. The van der Waals surface area contributed by atoms with Gasteiger partial charge in [-0.05, 0) is 29.8 Å². The summed E-state index contributed by atoms with van der Waals surface area (Å²) in [5.41, 5.74) is 7.33. The van der Waals surface area contributed by atoms with Crippen LogP contribution in [-0.4, -0.2) is 7.11 Å². The van der Waals surface area contributed by atoms with Crippen LogP contribution in [0.3, 0.4) is 0 Å². The Labute approximate surface area is 106 Å². The first-order chi connectivity index (χ1) is 8.78. The van der Waals surface area contributed by atoms with Crippen molar-refractivity contribution in [1.82, 2.24) is 0 Å². The van der Waals surface area contributed by atoms with E-state index in [4.69, 9.17) is 15.2 Å². The summed E-state index contributed by atoms with van der Waals surface area (Å²) in [7, 11) is 1.58. The molecule has 0 fully saturated rings. The summed E-state index contributed by atoms with van der Waals surface area (Å²) in [5.74, 6) is 1.12. The Kier molecular flexibility index (Phi) is 3.86. The minimum atomic E-state index is 0.436. The molecule has 0 radical (unpaired) electrons. The molecule has 0 aliphatic carbocycles. The fourth-order valence-corrected chi connectivity index (χ4v) is 1.47. The van der Waals surface area contributed by atoms with Gasteiger partial charge in [0.2, 0.25) is 0 Å². The van der Waals surface area contributed by atoms with Crippen LogP contribution in [0.15, 0.2) is 60.5 Å². The van der Waals surface area contributed by atoms with Crippen LogP contribution in [0, 0.1) is 0 Å². The fraction of sp³-hybridized carbons (Fsp3) is 0.0667. The number of hydrogen-bond acceptors (Lipinski definition) is 3. The average Bonchev–Trinajstić information content (AvgIpc) is 2.41. The first-order valence-corrected chi connectivity index (χ1v) is 5.62. The molecule has 0 spiro atoms. The highest BCUT2D eigenvalue weighted by atomic mass is 16.7. The summed E-state index contributed by atoms with van der Waals surface area (Å²) in [6.07, 6.45) is 1.83. The Balaban J connectivity index is 2.15. The quantitative estimate of drug-likeness (QED) is 0.660. The van der Waals surface area contributed by atoms with E-state index in [1.165, 1.54) is 0 Å². The van der Waals surface area contributed by atoms with Gasteiger partial charge in [0.25, 0.3) is 5.95 Å². The third kappa shape index (κ3) is 3.28. The van der Waals surface area contributed by atoms with Crippen LogP contribution in [0.1, 0.15) is 5.56 Å². The molecule has 0 aliphatic rings. The molecule has 0 saturated heterocycles. The average molecular weight is 241 g/mol. The molecule has 92 valence electrons. The van der Waals surface area contributed by atoms with E-state index in [-0.39, 0.29) is 0 Å². The molecule has 0 amide bonds. The third-order valence-corrected chi connectivity index (χ3v) is 2.38. The second-order valence-electron chi connectivity index (χ2n) is 3.75. The molecular formula is C15H15NO2. The molecular weight excluding hydrogens is 226 g/mol. The molecule has 3 heteroatoms. The minimum Gasteiger partial charge on any atom is -0.468 e. The highest BCUT2D eigenvalue weighted by molar-refractivity contribution is 5.50. The van der Waals surface area contributed by atoms with Gasteiger partial charge in [0, 0.05) is 11.8 Å². The van der Waals surface area contributed by atoms with Crippen molar-refractivity contribution in [2.24, 2.45) is 0 Å². The van der Waals surface area contributed by atoms with E-state index in [2.05, 4.69) is 0 Å². The van der Waals surface area contributed by atoms with E-state index in [1.54, 1.807) is 31.4 Å². The molecule has 2 rings (SSSR count). The van der Waals surface area contributed by atoms with Gasteiger partial charge in [-0.25, -0.2) is 0 Å². The monoisotopic (exact) mass is 241 g/mol. The molecule has 0 aliphatic heterocycles. The normalized spacial score (nSPS) is 11.1. The van der Waals surface area contributed by atoms with Gasteiger partial charge in [0.1, 0.15) is 5.75 Å². The number of ether oxygens (including phenoxy) is 2. The van der Waals surface area contributed by atoms with Gasteiger partial charge >= 0.3 is 0 Å². The molecule has 2 aromatic rings. The van der Waals surface area contributed by atoms with Crippen molar-refractivity contribution in [3.05, 3.63) is 66.1 Å². The summed E-state index contributed by atoms with van der Waals surface area (Å²) in [5, 5.41) is 0. The predicted molar refractivity (Wildman–Crippen MR) is 72.9 cm³/mol. The number of rotatable bonds is 4. The molecule has 0 unspecified atom stereocenters. The van der Waals surface area contributed by atoms with Crippen LogP contribution < -0.4 is 10.5 Å². The zero-order valence-corrected chi connectivity index (χ0v) is 10.2. The summed E-state index contributed by atoms with van der Waals surface area (Å²) >= 11 is 0. The van der Waals surface area contributed by atoms with E-state index in [9.17, 15) is 0 Å². The van der Waals surface area contributed by atoms with Gasteiger partial charge in [-0.1, -0.05) is 30.3 Å². The molecule has 0 heterocycles. The molecule has 0 bridgehead atoms. The Morgan fingerprint density at radius 1 is 1.00 bits per heavy atom. The molecule has 3 nitrogen and oxygen atoms in total. The van der Waals surface area contributed by atoms with Crippen LogP contribution in [0.2, 0.25) is 0 Å². The lowest BCUT2D eigenvalue weighted by molar-refractivity contribution is 0.156. The molecule has 2 N–H and O–H groups in total. The SMILES string of the molecule is COC(=Cc1ccccc1)Oc1ccc(N)cc1. The van der Waals surface area contributed by atoms with Crippen LogP contribution in [0.5, 0.6) is 5.75 Å². The van der Waals surface area contributed by atoms with Crippen LogP contribution >= 0.6 is 0 Å². The lowest BCUT2D eigenvalue weighted by Crippen LogP contribution is -1.97. The number of hydrogen-bond donors (Lipinski definition) is 1. The number of methoxy groups -OCH3 is 1. The van der Waals surface area contributed by atoms with Crippen molar-refractivity contribution in [3.63, 3.8) is 0 Å². The first-order valence-electron chi connectivity index (χ1n) is 5.62. The second kappa shape index (κ2) is 5.77. The van der Waals surface area contributed by atoms with Crippen molar-refractivity contribution >= 4 is 11.8 Å². The molecule has 18 heavy (non-hydrogen) atoms. The number of nitrogen functional groups attached to an aromatic ring is 1. The van der Waals surface area contributed by atoms with Crippen molar-refractivity contribution < 1.29 is 9.47 Å². The van der Waals surface area contributed by atoms with Gasteiger partial charge in [-0.3, -0.25) is 0 Å². The largest absolute Gasteiger partial charge is 0.468 e. The second-order valence-corrected chi connectivity index (χ2v) is 3.75. The van der Waals surface area contributed by atoms with Crippen LogP contribution in [0.4, 0.5) is 5.69 Å². The molecule has 0 atom stereocenters. The third-order valence-electron chi connectivity index (χ3n) is 2.38. The number of anilines is 1. The van der Waals surface area contributed by atoms with Crippen LogP contribution in [0.25, 0.3) is 6.08 Å². The smallest absolute Gasteiger partial charge is 0.284 e. The lowest BCUT2D eigenvalue weighted by atomic mass is 10.2. The van der Waals surface area contributed by atoms with Crippen molar-refractivity contribution in [2.75, 3.05) is 12.8 Å². The van der Waals surface area contributed by atoms with Crippen molar-refractivity contribution in [1.29, 1.82) is 0 Å². The van der Waals surface area contributed by atoms with E-state index in [0.717, 1.165) is 5.56 Å². The summed E-state index contributed by atoms with van der Waals surface area (Å²) in [6.45, 7) is 0. The molecule has 0 saturated carbocycles. The molecule has 2 aromatic carbocycles. The maximum Gasteiger partial charge on any atom is 0.284 e. The van der Waals surface area contributed by atoms with Gasteiger partial charge in [0.05, 0.1) is 7.11 Å². The molecule has 0 aromatic heterocycles. The topological polar surface area (TPSA) is 44.5 Å². The van der Waals surface area contributed by atoms with Gasteiger partial charge in [0.15, 0.2) is 0 Å².